The number of nitrogens with one attached hydrogen (secondary N) is 2. The normalized spacial score (nSPS) is 14.5. The van der Waals surface area contributed by atoms with E-state index in [4.69, 9.17) is 9.47 Å². The average Bonchev–Trinajstić information content (AvgIpc) is 3.52. The van der Waals surface area contributed by atoms with Crippen molar-refractivity contribution in [3.05, 3.63) is 105 Å². The molecule has 2 N–H and O–H groups in total. The molecular weight excluding hydrogens is 536 g/mol. The lowest BCUT2D eigenvalue weighted by Gasteiger charge is -2.17. The van der Waals surface area contributed by atoms with E-state index in [0.717, 1.165) is 23.0 Å². The number of ether oxygens (including phenoxy) is 2. The molecule has 42 heavy (non-hydrogen) atoms. The van der Waals surface area contributed by atoms with Gasteiger partial charge in [-0.15, -0.1) is 0 Å². The van der Waals surface area contributed by atoms with Gasteiger partial charge in [0.2, 0.25) is 5.91 Å². The van der Waals surface area contributed by atoms with Crippen LogP contribution in [0.25, 0.3) is 10.9 Å². The van der Waals surface area contributed by atoms with Gasteiger partial charge >= 0.3 is 5.69 Å². The van der Waals surface area contributed by atoms with Crippen LogP contribution in [0.3, 0.4) is 0 Å². The predicted molar refractivity (Wildman–Crippen MR) is 160 cm³/mol. The van der Waals surface area contributed by atoms with Gasteiger partial charge in [-0.3, -0.25) is 23.5 Å². The van der Waals surface area contributed by atoms with E-state index in [2.05, 4.69) is 10.6 Å². The summed E-state index contributed by atoms with van der Waals surface area (Å²) in [7, 11) is 0. The number of rotatable bonds is 11. The molecule has 2 amide bonds. The molecule has 1 saturated heterocycles. The third kappa shape index (κ3) is 6.77. The third-order valence-corrected chi connectivity index (χ3v) is 7.19. The standard InChI is InChI=1S/C32H34N4O6/c1-2-41-25-13-11-24(12-14-25)34-29(37)21-35-28-19-23(30(38)33-17-16-22-7-4-3-5-8-22)10-15-27(28)31(39)36(32(35)40)20-26-9-6-18-42-26/h3-5,7-8,10-15,19,26H,2,6,9,16-18,20-21H2,1H3,(H,33,38)(H,34,37). The summed E-state index contributed by atoms with van der Waals surface area (Å²) in [5.41, 5.74) is 1.01. The fraction of sp³-hybridized carbons (Fsp3) is 0.312. The zero-order valence-corrected chi connectivity index (χ0v) is 23.5. The molecule has 1 fully saturated rings. The minimum absolute atomic E-state index is 0.0931. The number of aromatic nitrogens is 2. The van der Waals surface area contributed by atoms with E-state index in [0.29, 0.717) is 37.6 Å². The van der Waals surface area contributed by atoms with Crippen molar-refractivity contribution >= 4 is 28.4 Å². The van der Waals surface area contributed by atoms with Crippen LogP contribution in [0, 0.1) is 0 Å². The van der Waals surface area contributed by atoms with Crippen LogP contribution >= 0.6 is 0 Å². The zero-order chi connectivity index (χ0) is 29.5. The monoisotopic (exact) mass is 570 g/mol. The van der Waals surface area contributed by atoms with Gasteiger partial charge in [0.15, 0.2) is 0 Å². The third-order valence-electron chi connectivity index (χ3n) is 7.19. The second-order valence-electron chi connectivity index (χ2n) is 10.1. The lowest BCUT2D eigenvalue weighted by atomic mass is 10.1. The number of hydrogen-bond donors (Lipinski definition) is 2. The minimum Gasteiger partial charge on any atom is -0.494 e. The summed E-state index contributed by atoms with van der Waals surface area (Å²) in [6.07, 6.45) is 2.00. The molecule has 3 aromatic carbocycles. The van der Waals surface area contributed by atoms with Crippen LogP contribution in [-0.2, 0) is 29.0 Å². The fourth-order valence-corrected chi connectivity index (χ4v) is 5.08. The van der Waals surface area contributed by atoms with E-state index >= 15 is 0 Å². The van der Waals surface area contributed by atoms with E-state index in [1.165, 1.54) is 16.7 Å². The summed E-state index contributed by atoms with van der Waals surface area (Å²) >= 11 is 0. The molecule has 0 radical (unpaired) electrons. The summed E-state index contributed by atoms with van der Waals surface area (Å²) in [6.45, 7) is 3.14. The molecule has 1 aromatic heterocycles. The maximum atomic E-state index is 13.7. The van der Waals surface area contributed by atoms with Gasteiger partial charge in [0, 0.05) is 24.4 Å². The van der Waals surface area contributed by atoms with Crippen LogP contribution < -0.4 is 26.6 Å². The molecular formula is C32H34N4O6. The first-order valence-corrected chi connectivity index (χ1v) is 14.2. The number of nitrogens with zero attached hydrogens (tertiary/aromatic N) is 2. The number of carbonyl (C=O) groups excluding carboxylic acids is 2. The van der Waals surface area contributed by atoms with Gasteiger partial charge in [0.05, 0.1) is 30.2 Å². The molecule has 0 saturated carbocycles. The molecule has 1 aliphatic rings. The van der Waals surface area contributed by atoms with Crippen molar-refractivity contribution in [2.45, 2.75) is 45.4 Å². The summed E-state index contributed by atoms with van der Waals surface area (Å²) in [5.74, 6) is -0.120. The highest BCUT2D eigenvalue weighted by Crippen LogP contribution is 2.17. The Kier molecular flexibility index (Phi) is 9.13. The molecule has 0 aliphatic carbocycles. The van der Waals surface area contributed by atoms with Crippen molar-refractivity contribution in [3.63, 3.8) is 0 Å². The van der Waals surface area contributed by atoms with Crippen LogP contribution in [-0.4, -0.2) is 46.8 Å². The number of anilines is 1. The second-order valence-corrected chi connectivity index (χ2v) is 10.1. The number of benzene rings is 3. The molecule has 0 bridgehead atoms. The fourth-order valence-electron chi connectivity index (χ4n) is 5.08. The Morgan fingerprint density at radius 1 is 1.00 bits per heavy atom. The topological polar surface area (TPSA) is 121 Å². The Morgan fingerprint density at radius 2 is 1.79 bits per heavy atom. The molecule has 5 rings (SSSR count). The molecule has 10 nitrogen and oxygen atoms in total. The van der Waals surface area contributed by atoms with E-state index in [9.17, 15) is 19.2 Å². The van der Waals surface area contributed by atoms with Gasteiger partial charge in [-0.05, 0) is 74.2 Å². The molecule has 10 heteroatoms. The quantitative estimate of drug-likeness (QED) is 0.285. The van der Waals surface area contributed by atoms with Crippen molar-refractivity contribution in [1.29, 1.82) is 0 Å². The van der Waals surface area contributed by atoms with Crippen molar-refractivity contribution in [1.82, 2.24) is 14.5 Å². The van der Waals surface area contributed by atoms with E-state index in [1.807, 2.05) is 37.3 Å². The molecule has 1 aliphatic heterocycles. The number of amides is 2. The molecule has 0 spiro atoms. The highest BCUT2D eigenvalue weighted by molar-refractivity contribution is 5.98. The molecule has 1 unspecified atom stereocenters. The number of fused-ring (bicyclic) bond motifs is 1. The number of carbonyl (C=O) groups is 2. The van der Waals surface area contributed by atoms with E-state index in [-0.39, 0.29) is 41.6 Å². The SMILES string of the molecule is CCOc1ccc(NC(=O)Cn2c(=O)n(CC3CCCO3)c(=O)c3ccc(C(=O)NCCc4ccccc4)cc32)cc1. The maximum absolute atomic E-state index is 13.7. The smallest absolute Gasteiger partial charge is 0.332 e. The lowest BCUT2D eigenvalue weighted by molar-refractivity contribution is -0.116. The van der Waals surface area contributed by atoms with Gasteiger partial charge in [-0.1, -0.05) is 30.3 Å². The largest absolute Gasteiger partial charge is 0.494 e. The summed E-state index contributed by atoms with van der Waals surface area (Å²) < 4.78 is 13.5. The highest BCUT2D eigenvalue weighted by Gasteiger charge is 2.22. The summed E-state index contributed by atoms with van der Waals surface area (Å²) in [4.78, 5) is 53.3. The average molecular weight is 571 g/mol. The van der Waals surface area contributed by atoms with E-state index in [1.54, 1.807) is 30.3 Å². The Morgan fingerprint density at radius 3 is 2.50 bits per heavy atom. The lowest BCUT2D eigenvalue weighted by Crippen LogP contribution is -2.43. The molecule has 1 atom stereocenters. The molecule has 218 valence electrons. The Balaban J connectivity index is 1.43. The first kappa shape index (κ1) is 28.8. The number of hydrogen-bond acceptors (Lipinski definition) is 6. The maximum Gasteiger partial charge on any atom is 0.332 e. The van der Waals surface area contributed by atoms with Gasteiger partial charge < -0.3 is 20.1 Å². The van der Waals surface area contributed by atoms with Gasteiger partial charge in [0.25, 0.3) is 11.5 Å². The van der Waals surface area contributed by atoms with Crippen molar-refractivity contribution in [2.75, 3.05) is 25.1 Å². The Labute approximate surface area is 242 Å². The Bertz CT molecular complexity index is 1670. The first-order valence-electron chi connectivity index (χ1n) is 14.2. The zero-order valence-electron chi connectivity index (χ0n) is 23.5. The second kappa shape index (κ2) is 13.3. The van der Waals surface area contributed by atoms with Crippen LogP contribution in [0.1, 0.15) is 35.7 Å². The van der Waals surface area contributed by atoms with Crippen LogP contribution in [0.4, 0.5) is 5.69 Å². The Hall–Kier alpha value is -4.70. The van der Waals surface area contributed by atoms with Gasteiger partial charge in [0.1, 0.15) is 12.3 Å². The predicted octanol–water partition coefficient (Wildman–Crippen LogP) is 3.35. The van der Waals surface area contributed by atoms with Crippen molar-refractivity contribution < 1.29 is 19.1 Å². The summed E-state index contributed by atoms with van der Waals surface area (Å²) in [6, 6.07) is 21.3. The summed E-state index contributed by atoms with van der Waals surface area (Å²) in [5, 5.41) is 5.92. The highest BCUT2D eigenvalue weighted by atomic mass is 16.5. The van der Waals surface area contributed by atoms with Gasteiger partial charge in [-0.25, -0.2) is 4.79 Å². The van der Waals surface area contributed by atoms with Crippen LogP contribution in [0.2, 0.25) is 0 Å². The minimum atomic E-state index is -0.633. The van der Waals surface area contributed by atoms with E-state index < -0.39 is 17.2 Å². The van der Waals surface area contributed by atoms with Crippen LogP contribution in [0.15, 0.2) is 82.4 Å². The first-order chi connectivity index (χ1) is 20.4. The molecule has 4 aromatic rings. The molecule has 2 heterocycles. The van der Waals surface area contributed by atoms with Gasteiger partial charge in [-0.2, -0.15) is 0 Å². The van der Waals surface area contributed by atoms with Crippen molar-refractivity contribution in [3.8, 4) is 5.75 Å². The van der Waals surface area contributed by atoms with Crippen LogP contribution in [0.5, 0.6) is 5.75 Å². The van der Waals surface area contributed by atoms with Crippen molar-refractivity contribution in [2.24, 2.45) is 0 Å².